The highest BCUT2D eigenvalue weighted by molar-refractivity contribution is 5.75. The number of amides is 1. The van der Waals surface area contributed by atoms with E-state index in [0.29, 0.717) is 26.1 Å². The molecule has 0 fully saturated rings. The maximum Gasteiger partial charge on any atom is 0.223 e. The number of rotatable bonds is 8. The van der Waals surface area contributed by atoms with Crippen molar-refractivity contribution in [3.8, 4) is 5.75 Å². The smallest absolute Gasteiger partial charge is 0.223 e. The predicted molar refractivity (Wildman–Crippen MR) is 77.3 cm³/mol. The van der Waals surface area contributed by atoms with E-state index in [1.165, 1.54) is 0 Å². The van der Waals surface area contributed by atoms with Crippen LogP contribution < -0.4 is 15.8 Å². The molecule has 0 saturated carbocycles. The molecule has 0 unspecified atom stereocenters. The number of aryl methyl sites for hydroxylation is 2. The lowest BCUT2D eigenvalue weighted by atomic mass is 10.1. The minimum absolute atomic E-state index is 0.0299. The molecule has 0 aliphatic carbocycles. The van der Waals surface area contributed by atoms with Gasteiger partial charge in [0, 0.05) is 6.54 Å². The Bertz CT molecular complexity index is 405. The number of carbonyl (C=O) groups excluding carboxylic acids is 1. The molecule has 106 valence electrons. The number of nitrogens with one attached hydrogen (secondary N) is 1. The third kappa shape index (κ3) is 6.25. The molecule has 1 aromatic rings. The number of carbonyl (C=O) groups is 1. The molecule has 0 saturated heterocycles. The van der Waals surface area contributed by atoms with Crippen molar-refractivity contribution >= 4 is 5.91 Å². The lowest BCUT2D eigenvalue weighted by Crippen LogP contribution is -2.26. The van der Waals surface area contributed by atoms with Crippen molar-refractivity contribution in [2.24, 2.45) is 5.73 Å². The van der Waals surface area contributed by atoms with Crippen molar-refractivity contribution in [3.05, 3.63) is 29.3 Å². The summed E-state index contributed by atoms with van der Waals surface area (Å²) < 4.78 is 5.63. The SMILES string of the molecule is Cc1ccc(C)c(OCCC(=O)NCCCCN)c1. The van der Waals surface area contributed by atoms with Crippen LogP contribution in [0.5, 0.6) is 5.75 Å². The van der Waals surface area contributed by atoms with Crippen LogP contribution in [0.2, 0.25) is 0 Å². The number of unbranched alkanes of at least 4 members (excludes halogenated alkanes) is 1. The Morgan fingerprint density at radius 1 is 1.32 bits per heavy atom. The summed E-state index contributed by atoms with van der Waals surface area (Å²) in [6.45, 7) is 5.80. The van der Waals surface area contributed by atoms with E-state index in [-0.39, 0.29) is 5.91 Å². The topological polar surface area (TPSA) is 64.3 Å². The van der Waals surface area contributed by atoms with Crippen molar-refractivity contribution in [1.82, 2.24) is 5.32 Å². The number of hydrogen-bond acceptors (Lipinski definition) is 3. The monoisotopic (exact) mass is 264 g/mol. The second-order valence-corrected chi connectivity index (χ2v) is 4.71. The Hall–Kier alpha value is -1.55. The van der Waals surface area contributed by atoms with E-state index < -0.39 is 0 Å². The molecule has 4 heteroatoms. The Morgan fingerprint density at radius 2 is 2.11 bits per heavy atom. The molecule has 3 N–H and O–H groups in total. The van der Waals surface area contributed by atoms with Gasteiger partial charge in [-0.1, -0.05) is 12.1 Å². The van der Waals surface area contributed by atoms with Gasteiger partial charge in [-0.2, -0.15) is 0 Å². The van der Waals surface area contributed by atoms with E-state index in [2.05, 4.69) is 5.32 Å². The minimum atomic E-state index is 0.0299. The van der Waals surface area contributed by atoms with Crippen LogP contribution in [0.4, 0.5) is 0 Å². The van der Waals surface area contributed by atoms with Gasteiger partial charge in [0.05, 0.1) is 13.0 Å². The first-order chi connectivity index (χ1) is 9.13. The fourth-order valence-corrected chi connectivity index (χ4v) is 1.70. The van der Waals surface area contributed by atoms with E-state index in [1.54, 1.807) is 0 Å². The van der Waals surface area contributed by atoms with Gasteiger partial charge in [0.1, 0.15) is 5.75 Å². The average molecular weight is 264 g/mol. The van der Waals surface area contributed by atoms with Crippen molar-refractivity contribution in [2.75, 3.05) is 19.7 Å². The maximum absolute atomic E-state index is 11.5. The highest BCUT2D eigenvalue weighted by Crippen LogP contribution is 2.19. The first kappa shape index (κ1) is 15.5. The van der Waals surface area contributed by atoms with Crippen LogP contribution in [0.3, 0.4) is 0 Å². The van der Waals surface area contributed by atoms with E-state index in [9.17, 15) is 4.79 Å². The highest BCUT2D eigenvalue weighted by Gasteiger charge is 2.03. The summed E-state index contributed by atoms with van der Waals surface area (Å²) >= 11 is 0. The molecule has 4 nitrogen and oxygen atoms in total. The van der Waals surface area contributed by atoms with E-state index >= 15 is 0 Å². The Kier molecular flexibility index (Phi) is 6.97. The van der Waals surface area contributed by atoms with Crippen LogP contribution >= 0.6 is 0 Å². The molecular weight excluding hydrogens is 240 g/mol. The van der Waals surface area contributed by atoms with Crippen molar-refractivity contribution in [1.29, 1.82) is 0 Å². The van der Waals surface area contributed by atoms with Crippen molar-refractivity contribution in [3.63, 3.8) is 0 Å². The first-order valence-electron chi connectivity index (χ1n) is 6.80. The zero-order valence-electron chi connectivity index (χ0n) is 11.9. The van der Waals surface area contributed by atoms with Gasteiger partial charge < -0.3 is 15.8 Å². The van der Waals surface area contributed by atoms with Crippen LogP contribution in [0, 0.1) is 13.8 Å². The Balaban J connectivity index is 2.22. The summed E-state index contributed by atoms with van der Waals surface area (Å²) in [4.78, 5) is 11.5. The van der Waals surface area contributed by atoms with Gasteiger partial charge in [-0.25, -0.2) is 0 Å². The summed E-state index contributed by atoms with van der Waals surface area (Å²) in [5.41, 5.74) is 7.63. The highest BCUT2D eigenvalue weighted by atomic mass is 16.5. The van der Waals surface area contributed by atoms with Gasteiger partial charge in [-0.3, -0.25) is 4.79 Å². The van der Waals surface area contributed by atoms with Crippen molar-refractivity contribution < 1.29 is 9.53 Å². The van der Waals surface area contributed by atoms with Gasteiger partial charge in [0.15, 0.2) is 0 Å². The zero-order valence-corrected chi connectivity index (χ0v) is 11.9. The maximum atomic E-state index is 11.5. The molecule has 0 spiro atoms. The lowest BCUT2D eigenvalue weighted by Gasteiger charge is -2.10. The second-order valence-electron chi connectivity index (χ2n) is 4.71. The summed E-state index contributed by atoms with van der Waals surface area (Å²) in [6, 6.07) is 6.07. The van der Waals surface area contributed by atoms with Gasteiger partial charge in [0.25, 0.3) is 0 Å². The summed E-state index contributed by atoms with van der Waals surface area (Å²) in [5.74, 6) is 0.887. The van der Waals surface area contributed by atoms with Gasteiger partial charge in [-0.15, -0.1) is 0 Å². The van der Waals surface area contributed by atoms with Crippen LogP contribution in [0.15, 0.2) is 18.2 Å². The summed E-state index contributed by atoms with van der Waals surface area (Å²) in [5, 5.41) is 2.86. The zero-order chi connectivity index (χ0) is 14.1. The number of ether oxygens (including phenoxy) is 1. The van der Waals surface area contributed by atoms with Gasteiger partial charge in [0.2, 0.25) is 5.91 Å². The Labute approximate surface area is 115 Å². The fourth-order valence-electron chi connectivity index (χ4n) is 1.70. The summed E-state index contributed by atoms with van der Waals surface area (Å²) in [6.07, 6.45) is 2.26. The molecule has 0 bridgehead atoms. The molecule has 0 atom stereocenters. The van der Waals surface area contributed by atoms with Gasteiger partial charge in [-0.05, 0) is 50.4 Å². The number of benzene rings is 1. The number of hydrogen-bond donors (Lipinski definition) is 2. The third-order valence-electron chi connectivity index (χ3n) is 2.88. The molecule has 0 aromatic heterocycles. The predicted octanol–water partition coefficient (Wildman–Crippen LogP) is 1.93. The van der Waals surface area contributed by atoms with Crippen LogP contribution in [-0.4, -0.2) is 25.6 Å². The average Bonchev–Trinajstić information content (AvgIpc) is 2.39. The molecule has 0 radical (unpaired) electrons. The van der Waals surface area contributed by atoms with E-state index in [1.807, 2.05) is 32.0 Å². The Morgan fingerprint density at radius 3 is 2.84 bits per heavy atom. The molecule has 0 heterocycles. The van der Waals surface area contributed by atoms with E-state index in [0.717, 1.165) is 29.7 Å². The van der Waals surface area contributed by atoms with Crippen LogP contribution in [0.1, 0.15) is 30.4 Å². The van der Waals surface area contributed by atoms with E-state index in [4.69, 9.17) is 10.5 Å². The molecule has 1 aromatic carbocycles. The van der Waals surface area contributed by atoms with Gasteiger partial charge >= 0.3 is 0 Å². The first-order valence-corrected chi connectivity index (χ1v) is 6.80. The molecule has 1 amide bonds. The summed E-state index contributed by atoms with van der Waals surface area (Å²) in [7, 11) is 0. The molecule has 19 heavy (non-hydrogen) atoms. The lowest BCUT2D eigenvalue weighted by molar-refractivity contribution is -0.121. The molecular formula is C15H24N2O2. The quantitative estimate of drug-likeness (QED) is 0.705. The van der Waals surface area contributed by atoms with Crippen molar-refractivity contribution in [2.45, 2.75) is 33.1 Å². The molecule has 0 aliphatic heterocycles. The largest absolute Gasteiger partial charge is 0.493 e. The minimum Gasteiger partial charge on any atom is -0.493 e. The standard InChI is InChI=1S/C15H24N2O2/c1-12-5-6-13(2)14(11-12)19-10-7-15(18)17-9-4-3-8-16/h5-6,11H,3-4,7-10,16H2,1-2H3,(H,17,18). The van der Waals surface area contributed by atoms with Crippen LogP contribution in [-0.2, 0) is 4.79 Å². The molecule has 1 rings (SSSR count). The molecule has 0 aliphatic rings. The fraction of sp³-hybridized carbons (Fsp3) is 0.533. The number of nitrogens with two attached hydrogens (primary N) is 1. The normalized spacial score (nSPS) is 10.3. The second kappa shape index (κ2) is 8.53. The third-order valence-corrected chi connectivity index (χ3v) is 2.88. The van der Waals surface area contributed by atoms with Crippen LogP contribution in [0.25, 0.3) is 0 Å².